The highest BCUT2D eigenvalue weighted by atomic mass is 16.5. The number of carbonyl (C=O) groups is 1. The zero-order valence-electron chi connectivity index (χ0n) is 5.59. The van der Waals surface area contributed by atoms with E-state index in [2.05, 4.69) is 0 Å². The molecule has 0 saturated carbocycles. The molecule has 0 aromatic carbocycles. The van der Waals surface area contributed by atoms with E-state index >= 15 is 0 Å². The van der Waals surface area contributed by atoms with Crippen LogP contribution in [0.15, 0.2) is 23.5 Å². The molecule has 2 aliphatic rings. The van der Waals surface area contributed by atoms with Gasteiger partial charge in [0.2, 0.25) is 0 Å². The number of carbonyl (C=O) groups excluding carboxylic acids is 1. The minimum absolute atomic E-state index is 0.198. The summed E-state index contributed by atoms with van der Waals surface area (Å²) in [5, 5.41) is 0. The van der Waals surface area contributed by atoms with Crippen molar-refractivity contribution in [3.8, 4) is 0 Å². The van der Waals surface area contributed by atoms with Crippen molar-refractivity contribution in [2.75, 3.05) is 6.61 Å². The largest absolute Gasteiger partial charge is 0.493 e. The van der Waals surface area contributed by atoms with Crippen LogP contribution in [0.5, 0.6) is 0 Å². The Labute approximate surface area is 59.2 Å². The van der Waals surface area contributed by atoms with E-state index in [9.17, 15) is 4.79 Å². The average Bonchev–Trinajstić information content (AvgIpc) is 2.33. The highest BCUT2D eigenvalue weighted by Gasteiger charge is 2.19. The molecule has 1 aliphatic carbocycles. The molecule has 1 saturated heterocycles. The molecule has 0 radical (unpaired) electrons. The van der Waals surface area contributed by atoms with Crippen molar-refractivity contribution in [1.29, 1.82) is 0 Å². The highest BCUT2D eigenvalue weighted by Crippen LogP contribution is 2.26. The smallest absolute Gasteiger partial charge is 0.159 e. The van der Waals surface area contributed by atoms with Crippen LogP contribution >= 0.6 is 0 Å². The van der Waals surface area contributed by atoms with Crippen LogP contribution in [0.4, 0.5) is 0 Å². The van der Waals surface area contributed by atoms with Gasteiger partial charge in [-0.2, -0.15) is 0 Å². The number of allylic oxidation sites excluding steroid dienone is 3. The minimum Gasteiger partial charge on any atom is -0.493 e. The fraction of sp³-hybridized carbons (Fsp3) is 0.375. The molecular formula is C8H8O2. The first kappa shape index (κ1) is 5.71. The van der Waals surface area contributed by atoms with Gasteiger partial charge < -0.3 is 4.74 Å². The summed E-state index contributed by atoms with van der Waals surface area (Å²) in [4.78, 5) is 10.8. The molecule has 0 aromatic heterocycles. The lowest BCUT2D eigenvalue weighted by Gasteiger charge is -2.03. The second-order valence-electron chi connectivity index (χ2n) is 2.51. The minimum atomic E-state index is 0.198. The number of hydrogen-bond donors (Lipinski definition) is 0. The molecule has 0 spiro atoms. The quantitative estimate of drug-likeness (QED) is 0.500. The molecule has 52 valence electrons. The van der Waals surface area contributed by atoms with Crippen LogP contribution in [-0.4, -0.2) is 12.4 Å². The Kier molecular flexibility index (Phi) is 1.13. The Morgan fingerprint density at radius 1 is 1.50 bits per heavy atom. The van der Waals surface area contributed by atoms with Crippen molar-refractivity contribution < 1.29 is 9.53 Å². The summed E-state index contributed by atoms with van der Waals surface area (Å²) < 4.78 is 5.25. The third-order valence-corrected chi connectivity index (χ3v) is 1.77. The predicted octanol–water partition coefficient (Wildman–Crippen LogP) is 1.19. The number of hydrogen-bond acceptors (Lipinski definition) is 2. The van der Waals surface area contributed by atoms with Crippen LogP contribution in [0.1, 0.15) is 12.8 Å². The van der Waals surface area contributed by atoms with Gasteiger partial charge >= 0.3 is 0 Å². The highest BCUT2D eigenvalue weighted by molar-refractivity contribution is 5.93. The van der Waals surface area contributed by atoms with Crippen molar-refractivity contribution >= 4 is 5.78 Å². The number of ether oxygens (including phenoxy) is 1. The topological polar surface area (TPSA) is 26.3 Å². The van der Waals surface area contributed by atoms with Crippen LogP contribution in [-0.2, 0) is 9.53 Å². The third kappa shape index (κ3) is 0.764. The number of ketones is 1. The van der Waals surface area contributed by atoms with E-state index in [0.717, 1.165) is 24.4 Å². The molecule has 1 fully saturated rings. The Morgan fingerprint density at radius 2 is 2.40 bits per heavy atom. The van der Waals surface area contributed by atoms with Gasteiger partial charge in [-0.1, -0.05) is 0 Å². The van der Waals surface area contributed by atoms with Crippen molar-refractivity contribution in [2.24, 2.45) is 0 Å². The normalized spacial score (nSPS) is 23.0. The first-order valence-corrected chi connectivity index (χ1v) is 3.43. The molecular weight excluding hydrogens is 128 g/mol. The van der Waals surface area contributed by atoms with Gasteiger partial charge in [0.25, 0.3) is 0 Å². The summed E-state index contributed by atoms with van der Waals surface area (Å²) in [5.41, 5.74) is 1.08. The van der Waals surface area contributed by atoms with E-state index in [1.165, 1.54) is 0 Å². The molecule has 0 atom stereocenters. The maximum Gasteiger partial charge on any atom is 0.159 e. The Balaban J connectivity index is 2.35. The van der Waals surface area contributed by atoms with Crippen LogP contribution in [0.3, 0.4) is 0 Å². The molecule has 0 bridgehead atoms. The molecule has 0 N–H and O–H groups in total. The Bertz CT molecular complexity index is 236. The van der Waals surface area contributed by atoms with Crippen LogP contribution in [0.25, 0.3) is 0 Å². The molecule has 2 rings (SSSR count). The second-order valence-corrected chi connectivity index (χ2v) is 2.51. The monoisotopic (exact) mass is 136 g/mol. The lowest BCUT2D eigenvalue weighted by atomic mass is 10.0. The fourth-order valence-electron chi connectivity index (χ4n) is 1.27. The van der Waals surface area contributed by atoms with Crippen LogP contribution in [0, 0.1) is 0 Å². The van der Waals surface area contributed by atoms with Gasteiger partial charge in [0.15, 0.2) is 5.78 Å². The van der Waals surface area contributed by atoms with Gasteiger partial charge in [0.1, 0.15) is 5.76 Å². The number of fused-ring (bicyclic) bond motifs is 1. The lowest BCUT2D eigenvalue weighted by molar-refractivity contribution is -0.114. The van der Waals surface area contributed by atoms with E-state index in [1.807, 2.05) is 6.08 Å². The fourth-order valence-corrected chi connectivity index (χ4v) is 1.27. The zero-order valence-corrected chi connectivity index (χ0v) is 5.59. The van der Waals surface area contributed by atoms with Crippen molar-refractivity contribution in [3.63, 3.8) is 0 Å². The summed E-state index contributed by atoms with van der Waals surface area (Å²) in [6, 6.07) is 0. The summed E-state index contributed by atoms with van der Waals surface area (Å²) in [6.45, 7) is 0.741. The molecule has 0 aromatic rings. The third-order valence-electron chi connectivity index (χ3n) is 1.77. The van der Waals surface area contributed by atoms with E-state index in [-0.39, 0.29) is 5.78 Å². The van der Waals surface area contributed by atoms with E-state index in [4.69, 9.17) is 4.74 Å². The van der Waals surface area contributed by atoms with Crippen molar-refractivity contribution in [1.82, 2.24) is 0 Å². The lowest BCUT2D eigenvalue weighted by Crippen LogP contribution is -1.99. The maximum absolute atomic E-state index is 10.8. The Morgan fingerprint density at radius 3 is 3.30 bits per heavy atom. The van der Waals surface area contributed by atoms with Crippen molar-refractivity contribution in [3.05, 3.63) is 23.5 Å². The van der Waals surface area contributed by atoms with Gasteiger partial charge in [0.05, 0.1) is 6.61 Å². The summed E-state index contributed by atoms with van der Waals surface area (Å²) in [7, 11) is 0. The van der Waals surface area contributed by atoms with E-state index in [0.29, 0.717) is 6.42 Å². The first-order valence-electron chi connectivity index (χ1n) is 3.43. The summed E-state index contributed by atoms with van der Waals surface area (Å²) >= 11 is 0. The van der Waals surface area contributed by atoms with Gasteiger partial charge in [0, 0.05) is 18.4 Å². The molecule has 1 heterocycles. The molecule has 10 heavy (non-hydrogen) atoms. The summed E-state index contributed by atoms with van der Waals surface area (Å²) in [5.74, 6) is 1.13. The maximum atomic E-state index is 10.8. The predicted molar refractivity (Wildman–Crippen MR) is 36.4 cm³/mol. The molecule has 0 amide bonds. The number of rotatable bonds is 0. The standard InChI is InChI=1S/C8H8O2/c9-7-1-2-8-6(5-7)3-4-10-8/h2,5H,1,3-4H2. The van der Waals surface area contributed by atoms with Gasteiger partial charge in [-0.25, -0.2) is 0 Å². The van der Waals surface area contributed by atoms with E-state index < -0.39 is 0 Å². The molecule has 2 heteroatoms. The second kappa shape index (κ2) is 1.97. The van der Waals surface area contributed by atoms with Gasteiger partial charge in [-0.15, -0.1) is 0 Å². The van der Waals surface area contributed by atoms with Crippen LogP contribution < -0.4 is 0 Å². The summed E-state index contributed by atoms with van der Waals surface area (Å²) in [6.07, 6.45) is 4.98. The zero-order chi connectivity index (χ0) is 6.97. The van der Waals surface area contributed by atoms with E-state index in [1.54, 1.807) is 6.08 Å². The van der Waals surface area contributed by atoms with Gasteiger partial charge in [-0.05, 0) is 12.2 Å². The molecule has 2 nitrogen and oxygen atoms in total. The molecule has 0 unspecified atom stereocenters. The molecule has 1 aliphatic heterocycles. The van der Waals surface area contributed by atoms with Crippen molar-refractivity contribution in [2.45, 2.75) is 12.8 Å². The average molecular weight is 136 g/mol. The van der Waals surface area contributed by atoms with Crippen LogP contribution in [0.2, 0.25) is 0 Å². The van der Waals surface area contributed by atoms with Gasteiger partial charge in [-0.3, -0.25) is 4.79 Å². The Hall–Kier alpha value is -1.05. The first-order chi connectivity index (χ1) is 4.86. The SMILES string of the molecule is O=C1C=C2CCOC2=CC1.